The minimum atomic E-state index is -0.272. The first-order valence-corrected chi connectivity index (χ1v) is 10.3. The molecule has 2 atom stereocenters. The number of amides is 2. The molecule has 2 saturated heterocycles. The number of benzene rings is 1. The van der Waals surface area contributed by atoms with Gasteiger partial charge in [0.15, 0.2) is 0 Å². The van der Waals surface area contributed by atoms with Gasteiger partial charge in [-0.15, -0.1) is 0 Å². The highest BCUT2D eigenvalue weighted by molar-refractivity contribution is 9.10. The number of anilines is 1. The summed E-state index contributed by atoms with van der Waals surface area (Å²) in [6.07, 6.45) is 2.72. The van der Waals surface area contributed by atoms with Gasteiger partial charge in [-0.1, -0.05) is 12.1 Å². The summed E-state index contributed by atoms with van der Waals surface area (Å²) >= 11 is 3.38. The molecule has 2 amide bonds. The predicted molar refractivity (Wildman–Crippen MR) is 111 cm³/mol. The maximum Gasteiger partial charge on any atom is 0.256 e. The van der Waals surface area contributed by atoms with Crippen molar-refractivity contribution < 1.29 is 9.59 Å². The number of carbonyl (C=O) groups is 2. The second-order valence-electron chi connectivity index (χ2n) is 7.61. The molecule has 2 unspecified atom stereocenters. The molecule has 2 aliphatic heterocycles. The van der Waals surface area contributed by atoms with Crippen molar-refractivity contribution in [2.24, 2.45) is 17.6 Å². The third-order valence-electron chi connectivity index (χ3n) is 5.70. The Balaban J connectivity index is 1.39. The molecule has 0 saturated carbocycles. The van der Waals surface area contributed by atoms with Gasteiger partial charge in [-0.3, -0.25) is 9.59 Å². The van der Waals surface area contributed by atoms with Crippen LogP contribution in [0.5, 0.6) is 0 Å². The molecular weight excluding hydrogens is 420 g/mol. The van der Waals surface area contributed by atoms with E-state index >= 15 is 0 Å². The van der Waals surface area contributed by atoms with Crippen LogP contribution < -0.4 is 10.6 Å². The van der Waals surface area contributed by atoms with Gasteiger partial charge < -0.3 is 15.5 Å². The molecule has 1 aromatic heterocycles. The third kappa shape index (κ3) is 3.90. The molecule has 2 aliphatic rings. The van der Waals surface area contributed by atoms with Crippen molar-refractivity contribution >= 4 is 33.4 Å². The topological polar surface area (TPSA) is 79.5 Å². The molecular formula is C21H23BrN4O2. The summed E-state index contributed by atoms with van der Waals surface area (Å²) in [7, 11) is 0. The van der Waals surface area contributed by atoms with Crippen LogP contribution in [0.3, 0.4) is 0 Å². The van der Waals surface area contributed by atoms with E-state index in [2.05, 4.69) is 37.9 Å². The summed E-state index contributed by atoms with van der Waals surface area (Å²) in [5.41, 5.74) is 8.20. The Kier molecular flexibility index (Phi) is 5.35. The average molecular weight is 443 g/mol. The lowest BCUT2D eigenvalue weighted by atomic mass is 10.0. The summed E-state index contributed by atoms with van der Waals surface area (Å²) in [6.45, 7) is 3.45. The van der Waals surface area contributed by atoms with Crippen LogP contribution in [0.25, 0.3) is 0 Å². The first kappa shape index (κ1) is 18.9. The average Bonchev–Trinajstić information content (AvgIpc) is 3.26. The van der Waals surface area contributed by atoms with E-state index in [0.29, 0.717) is 34.8 Å². The number of carbonyl (C=O) groups excluding carboxylic acids is 2. The molecule has 2 fully saturated rings. The Morgan fingerprint density at radius 2 is 1.86 bits per heavy atom. The summed E-state index contributed by atoms with van der Waals surface area (Å²) in [6, 6.07) is 12.0. The zero-order valence-electron chi connectivity index (χ0n) is 15.6. The zero-order valence-corrected chi connectivity index (χ0v) is 17.1. The van der Waals surface area contributed by atoms with E-state index in [1.165, 1.54) is 5.69 Å². The Morgan fingerprint density at radius 1 is 1.11 bits per heavy atom. The van der Waals surface area contributed by atoms with E-state index in [9.17, 15) is 9.59 Å². The van der Waals surface area contributed by atoms with Crippen LogP contribution in [-0.4, -0.2) is 47.9 Å². The normalized spacial score (nSPS) is 21.0. The van der Waals surface area contributed by atoms with Gasteiger partial charge in [-0.25, -0.2) is 4.98 Å². The van der Waals surface area contributed by atoms with E-state index in [1.807, 2.05) is 23.1 Å². The highest BCUT2D eigenvalue weighted by Gasteiger charge is 2.42. The largest absolute Gasteiger partial charge is 0.371 e. The number of halogens is 1. The molecule has 2 aromatic rings. The van der Waals surface area contributed by atoms with Crippen molar-refractivity contribution in [1.29, 1.82) is 0 Å². The molecule has 0 radical (unpaired) electrons. The van der Waals surface area contributed by atoms with Crippen molar-refractivity contribution in [3.05, 3.63) is 58.3 Å². The Hall–Kier alpha value is -2.41. The molecule has 0 bridgehead atoms. The molecule has 146 valence electrons. The Morgan fingerprint density at radius 3 is 2.54 bits per heavy atom. The molecule has 0 spiro atoms. The van der Waals surface area contributed by atoms with Gasteiger partial charge in [-0.05, 0) is 52.2 Å². The molecule has 7 heteroatoms. The third-order valence-corrected chi connectivity index (χ3v) is 6.33. The van der Waals surface area contributed by atoms with Crippen molar-refractivity contribution in [3.63, 3.8) is 0 Å². The number of primary amides is 1. The number of rotatable bonds is 5. The molecule has 6 nitrogen and oxygen atoms in total. The van der Waals surface area contributed by atoms with E-state index in [1.54, 1.807) is 12.3 Å². The number of aryl methyl sites for hydroxylation is 1. The number of hydrogen-bond donors (Lipinski definition) is 1. The van der Waals surface area contributed by atoms with Crippen LogP contribution in [0.15, 0.2) is 47.2 Å². The number of aromatic nitrogens is 1. The smallest absolute Gasteiger partial charge is 0.256 e. The van der Waals surface area contributed by atoms with Gasteiger partial charge >= 0.3 is 0 Å². The lowest BCUT2D eigenvalue weighted by molar-refractivity contribution is -0.117. The highest BCUT2D eigenvalue weighted by Crippen LogP contribution is 2.35. The quantitative estimate of drug-likeness (QED) is 0.721. The summed E-state index contributed by atoms with van der Waals surface area (Å²) < 4.78 is 0.603. The van der Waals surface area contributed by atoms with Gasteiger partial charge in [-0.2, -0.15) is 0 Å². The maximum absolute atomic E-state index is 12.8. The van der Waals surface area contributed by atoms with Crippen LogP contribution in [0, 0.1) is 11.8 Å². The second kappa shape index (κ2) is 7.91. The number of fused-ring (bicyclic) bond motifs is 1. The minimum absolute atomic E-state index is 0.0503. The maximum atomic E-state index is 12.8. The summed E-state index contributed by atoms with van der Waals surface area (Å²) in [5, 5.41) is 0. The molecule has 0 aliphatic carbocycles. The summed E-state index contributed by atoms with van der Waals surface area (Å²) in [4.78, 5) is 32.4. The number of hydrogen-bond acceptors (Lipinski definition) is 4. The van der Waals surface area contributed by atoms with Crippen LogP contribution in [0.1, 0.15) is 22.3 Å². The zero-order chi connectivity index (χ0) is 19.7. The molecule has 28 heavy (non-hydrogen) atoms. The number of pyridine rings is 1. The number of likely N-dealkylation sites (tertiary alicyclic amines) is 1. The minimum Gasteiger partial charge on any atom is -0.371 e. The Labute approximate surface area is 172 Å². The fourth-order valence-electron chi connectivity index (χ4n) is 4.26. The first-order valence-electron chi connectivity index (χ1n) is 9.53. The molecule has 1 aromatic carbocycles. The molecule has 2 N–H and O–H groups in total. The monoisotopic (exact) mass is 442 g/mol. The number of nitrogens with two attached hydrogens (primary N) is 1. The Bertz CT molecular complexity index is 889. The van der Waals surface area contributed by atoms with E-state index in [4.69, 9.17) is 5.73 Å². The van der Waals surface area contributed by atoms with E-state index in [-0.39, 0.29) is 11.8 Å². The number of nitrogens with zero attached hydrogens (tertiary/aromatic N) is 3. The van der Waals surface area contributed by atoms with Crippen molar-refractivity contribution in [2.75, 3.05) is 31.1 Å². The predicted octanol–water partition coefficient (Wildman–Crippen LogP) is 2.47. The van der Waals surface area contributed by atoms with Crippen LogP contribution >= 0.6 is 15.9 Å². The lowest BCUT2D eigenvalue weighted by Gasteiger charge is -2.24. The van der Waals surface area contributed by atoms with E-state index < -0.39 is 0 Å². The van der Waals surface area contributed by atoms with Crippen LogP contribution in [0.2, 0.25) is 0 Å². The van der Waals surface area contributed by atoms with Gasteiger partial charge in [0.1, 0.15) is 4.60 Å². The van der Waals surface area contributed by atoms with Crippen molar-refractivity contribution in [1.82, 2.24) is 9.88 Å². The van der Waals surface area contributed by atoms with Crippen molar-refractivity contribution in [3.8, 4) is 0 Å². The molecule has 4 rings (SSSR count). The molecule has 3 heterocycles. The van der Waals surface area contributed by atoms with Crippen LogP contribution in [0.4, 0.5) is 5.69 Å². The second-order valence-corrected chi connectivity index (χ2v) is 8.36. The van der Waals surface area contributed by atoms with Crippen molar-refractivity contribution in [2.45, 2.75) is 12.8 Å². The van der Waals surface area contributed by atoms with Gasteiger partial charge in [0, 0.05) is 56.3 Å². The lowest BCUT2D eigenvalue weighted by Crippen LogP contribution is -2.33. The van der Waals surface area contributed by atoms with E-state index in [0.717, 1.165) is 31.7 Å². The van der Waals surface area contributed by atoms with Gasteiger partial charge in [0.25, 0.3) is 5.91 Å². The fraction of sp³-hybridized carbons (Fsp3) is 0.381. The fourth-order valence-corrected chi connectivity index (χ4v) is 4.68. The first-order chi connectivity index (χ1) is 13.5. The standard InChI is InChI=1S/C21H23BrN4O2/c22-20-18(5-2-8-24-20)21(28)26-12-15-10-25(11-16(15)13-26)17-4-1-3-14(9-17)6-7-19(23)27/h1-5,8-9,15-16H,6-7,10-13H2,(H2,23,27). The SMILES string of the molecule is NC(=O)CCc1cccc(N2CC3CN(C(=O)c4cccnc4Br)CC3C2)c1. The van der Waals surface area contributed by atoms with Gasteiger partial charge in [0.2, 0.25) is 5.91 Å². The van der Waals surface area contributed by atoms with Crippen LogP contribution in [-0.2, 0) is 11.2 Å². The van der Waals surface area contributed by atoms with Gasteiger partial charge in [0.05, 0.1) is 5.56 Å². The highest BCUT2D eigenvalue weighted by atomic mass is 79.9. The summed E-state index contributed by atoms with van der Waals surface area (Å²) in [5.74, 6) is 0.739.